The maximum atomic E-state index is 12.7. The van der Waals surface area contributed by atoms with Crippen LogP contribution in [-0.4, -0.2) is 5.78 Å². The summed E-state index contributed by atoms with van der Waals surface area (Å²) in [5, 5.41) is 0. The van der Waals surface area contributed by atoms with Crippen LogP contribution in [0.5, 0.6) is 0 Å². The van der Waals surface area contributed by atoms with Crippen molar-refractivity contribution in [3.63, 3.8) is 0 Å². The van der Waals surface area contributed by atoms with E-state index >= 15 is 0 Å². The van der Waals surface area contributed by atoms with Crippen LogP contribution >= 0.6 is 0 Å². The lowest BCUT2D eigenvalue weighted by atomic mass is 9.82. The number of Topliss-reactive ketones (excluding diaryl/α,β-unsaturated/α-hetero) is 1. The highest BCUT2D eigenvalue weighted by Gasteiger charge is 2.48. The third-order valence-corrected chi connectivity index (χ3v) is 4.41. The summed E-state index contributed by atoms with van der Waals surface area (Å²) in [5.41, 5.74) is 3.09. The molecule has 1 aromatic carbocycles. The number of hydrogen-bond acceptors (Lipinski definition) is 1. The van der Waals surface area contributed by atoms with Crippen LogP contribution in [0.2, 0.25) is 0 Å². The van der Waals surface area contributed by atoms with Crippen molar-refractivity contribution in [3.8, 4) is 24.7 Å². The fourth-order valence-electron chi connectivity index (χ4n) is 3.49. The molecule has 18 heavy (non-hydrogen) atoms. The Kier molecular flexibility index (Phi) is 2.32. The highest BCUT2D eigenvalue weighted by molar-refractivity contribution is 6.07. The fourth-order valence-corrected chi connectivity index (χ4v) is 3.49. The van der Waals surface area contributed by atoms with Gasteiger partial charge in [0, 0.05) is 22.1 Å². The van der Waals surface area contributed by atoms with Crippen molar-refractivity contribution in [3.05, 3.63) is 34.4 Å². The van der Waals surface area contributed by atoms with Crippen LogP contribution in [-0.2, 0) is 6.42 Å². The summed E-state index contributed by atoms with van der Waals surface area (Å²) >= 11 is 0. The number of carbonyl (C=O) groups excluding carboxylic acids is 1. The lowest BCUT2D eigenvalue weighted by Gasteiger charge is -2.19. The van der Waals surface area contributed by atoms with E-state index in [4.69, 9.17) is 12.8 Å². The SMILES string of the molecule is C#Cc1ccc(C#C)c2c1CC1(CCCC1)C2=O. The number of hydrogen-bond donors (Lipinski definition) is 0. The minimum atomic E-state index is -0.194. The van der Waals surface area contributed by atoms with Crippen LogP contribution in [0.3, 0.4) is 0 Å². The maximum Gasteiger partial charge on any atom is 0.170 e. The topological polar surface area (TPSA) is 17.1 Å². The van der Waals surface area contributed by atoms with Crippen LogP contribution in [0.4, 0.5) is 0 Å². The van der Waals surface area contributed by atoms with Crippen molar-refractivity contribution in [1.29, 1.82) is 0 Å². The van der Waals surface area contributed by atoms with Gasteiger partial charge in [-0.1, -0.05) is 24.7 Å². The highest BCUT2D eigenvalue weighted by Crippen LogP contribution is 2.49. The molecule has 0 aromatic heterocycles. The Morgan fingerprint density at radius 2 is 1.67 bits per heavy atom. The van der Waals surface area contributed by atoms with Crippen molar-refractivity contribution in [2.45, 2.75) is 32.1 Å². The fraction of sp³-hybridized carbons (Fsp3) is 0.353. The summed E-state index contributed by atoms with van der Waals surface area (Å²) < 4.78 is 0. The Labute approximate surface area is 108 Å². The van der Waals surface area contributed by atoms with E-state index in [9.17, 15) is 4.79 Å². The van der Waals surface area contributed by atoms with Gasteiger partial charge in [0.15, 0.2) is 5.78 Å². The van der Waals surface area contributed by atoms with E-state index in [2.05, 4.69) is 11.8 Å². The molecule has 1 fully saturated rings. The predicted octanol–water partition coefficient (Wildman–Crippen LogP) is 2.95. The molecule has 0 saturated heterocycles. The summed E-state index contributed by atoms with van der Waals surface area (Å²) in [6.07, 6.45) is 16.1. The minimum Gasteiger partial charge on any atom is -0.293 e. The van der Waals surface area contributed by atoms with Gasteiger partial charge in [0.2, 0.25) is 0 Å². The van der Waals surface area contributed by atoms with E-state index in [-0.39, 0.29) is 11.2 Å². The molecule has 0 unspecified atom stereocenters. The number of carbonyl (C=O) groups is 1. The second kappa shape index (κ2) is 3.76. The van der Waals surface area contributed by atoms with E-state index in [0.717, 1.165) is 48.8 Å². The molecule has 1 saturated carbocycles. The normalized spacial score (nSPS) is 19.6. The molecule has 0 bridgehead atoms. The van der Waals surface area contributed by atoms with Crippen molar-refractivity contribution in [1.82, 2.24) is 0 Å². The minimum absolute atomic E-state index is 0.194. The van der Waals surface area contributed by atoms with Crippen molar-refractivity contribution in [2.75, 3.05) is 0 Å². The first-order valence-corrected chi connectivity index (χ1v) is 6.36. The largest absolute Gasteiger partial charge is 0.293 e. The molecule has 0 amide bonds. The molecule has 0 heterocycles. The van der Waals surface area contributed by atoms with Crippen molar-refractivity contribution < 1.29 is 4.79 Å². The summed E-state index contributed by atoms with van der Waals surface area (Å²) in [4.78, 5) is 12.7. The molecule has 0 radical (unpaired) electrons. The Morgan fingerprint density at radius 3 is 2.28 bits per heavy atom. The Hall–Kier alpha value is -1.99. The van der Waals surface area contributed by atoms with Gasteiger partial charge in [-0.2, -0.15) is 0 Å². The first kappa shape index (κ1) is 11.1. The predicted molar refractivity (Wildman–Crippen MR) is 71.2 cm³/mol. The van der Waals surface area contributed by atoms with Crippen LogP contribution in [0.1, 0.15) is 52.7 Å². The summed E-state index contributed by atoms with van der Waals surface area (Å²) in [5.74, 6) is 5.55. The Morgan fingerprint density at radius 1 is 1.06 bits per heavy atom. The van der Waals surface area contributed by atoms with Gasteiger partial charge in [-0.15, -0.1) is 12.8 Å². The van der Waals surface area contributed by atoms with E-state index in [1.54, 1.807) is 6.07 Å². The van der Waals surface area contributed by atoms with Gasteiger partial charge in [-0.05, 0) is 37.0 Å². The first-order valence-electron chi connectivity index (χ1n) is 6.36. The third-order valence-electron chi connectivity index (χ3n) is 4.41. The second-order valence-electron chi connectivity index (χ2n) is 5.30. The summed E-state index contributed by atoms with van der Waals surface area (Å²) in [7, 11) is 0. The molecular formula is C17H14O. The van der Waals surface area contributed by atoms with Gasteiger partial charge in [0.05, 0.1) is 0 Å². The van der Waals surface area contributed by atoms with Gasteiger partial charge < -0.3 is 0 Å². The monoisotopic (exact) mass is 234 g/mol. The van der Waals surface area contributed by atoms with Gasteiger partial charge >= 0.3 is 0 Å². The smallest absolute Gasteiger partial charge is 0.170 e. The molecule has 3 rings (SSSR count). The van der Waals surface area contributed by atoms with Crippen LogP contribution in [0.25, 0.3) is 0 Å². The highest BCUT2D eigenvalue weighted by atomic mass is 16.1. The number of ketones is 1. The standard InChI is InChI=1S/C17H14O/c1-3-12-7-8-13(4-2)15-14(12)11-17(16(15)18)9-5-6-10-17/h1-2,7-8H,5-6,9-11H2. The van der Waals surface area contributed by atoms with E-state index < -0.39 is 0 Å². The average Bonchev–Trinajstić information content (AvgIpc) is 2.97. The number of terminal acetylenes is 2. The molecule has 2 aliphatic rings. The zero-order valence-corrected chi connectivity index (χ0v) is 10.3. The third kappa shape index (κ3) is 1.28. The zero-order chi connectivity index (χ0) is 12.8. The molecule has 2 aliphatic carbocycles. The first-order chi connectivity index (χ1) is 8.72. The lowest BCUT2D eigenvalue weighted by Crippen LogP contribution is -2.24. The zero-order valence-electron chi connectivity index (χ0n) is 10.3. The van der Waals surface area contributed by atoms with Crippen LogP contribution in [0, 0.1) is 30.1 Å². The number of rotatable bonds is 0. The van der Waals surface area contributed by atoms with E-state index in [0.29, 0.717) is 5.56 Å². The maximum absolute atomic E-state index is 12.7. The van der Waals surface area contributed by atoms with E-state index in [1.165, 1.54) is 0 Å². The van der Waals surface area contributed by atoms with Gasteiger partial charge in [-0.3, -0.25) is 4.79 Å². The average molecular weight is 234 g/mol. The van der Waals surface area contributed by atoms with E-state index in [1.807, 2.05) is 6.07 Å². The quantitative estimate of drug-likeness (QED) is 0.631. The van der Waals surface area contributed by atoms with Crippen LogP contribution in [0.15, 0.2) is 12.1 Å². The molecule has 0 aliphatic heterocycles. The summed E-state index contributed by atoms with van der Waals surface area (Å²) in [6.45, 7) is 0. The second-order valence-corrected chi connectivity index (χ2v) is 5.30. The molecular weight excluding hydrogens is 220 g/mol. The Balaban J connectivity index is 2.23. The molecule has 0 atom stereocenters. The molecule has 1 spiro atoms. The van der Waals surface area contributed by atoms with Gasteiger partial charge in [0.25, 0.3) is 0 Å². The molecule has 0 N–H and O–H groups in total. The summed E-state index contributed by atoms with van der Waals surface area (Å²) in [6, 6.07) is 3.68. The van der Waals surface area contributed by atoms with Gasteiger partial charge in [0.1, 0.15) is 0 Å². The van der Waals surface area contributed by atoms with Crippen molar-refractivity contribution in [2.24, 2.45) is 5.41 Å². The molecule has 1 aromatic rings. The molecule has 88 valence electrons. The Bertz CT molecular complexity index is 616. The van der Waals surface area contributed by atoms with Crippen LogP contribution < -0.4 is 0 Å². The molecule has 1 nitrogen and oxygen atoms in total. The van der Waals surface area contributed by atoms with Gasteiger partial charge in [-0.25, -0.2) is 0 Å². The lowest BCUT2D eigenvalue weighted by molar-refractivity contribution is 0.0827. The number of fused-ring (bicyclic) bond motifs is 1. The number of benzene rings is 1. The van der Waals surface area contributed by atoms with Crippen molar-refractivity contribution >= 4 is 5.78 Å². The molecule has 1 heteroatoms.